The van der Waals surface area contributed by atoms with Gasteiger partial charge in [-0.25, -0.2) is 0 Å². The number of amides is 2. The zero-order valence-electron chi connectivity index (χ0n) is 10.5. The summed E-state index contributed by atoms with van der Waals surface area (Å²) in [4.78, 5) is 22.7. The topological polar surface area (TPSA) is 78.4 Å². The molecule has 0 rings (SSSR count). The minimum atomic E-state index is -0.487. The van der Waals surface area contributed by atoms with Crippen molar-refractivity contribution in [1.29, 1.82) is 0 Å². The lowest BCUT2D eigenvalue weighted by atomic mass is 9.96. The van der Waals surface area contributed by atoms with Crippen LogP contribution in [0, 0.1) is 11.3 Å². The number of aliphatic hydroxyl groups excluding tert-OH is 1. The lowest BCUT2D eigenvalue weighted by Gasteiger charge is -2.17. The maximum absolute atomic E-state index is 11.4. The van der Waals surface area contributed by atoms with Gasteiger partial charge in [-0.2, -0.15) is 0 Å². The number of aliphatic hydroxyl groups is 1. The van der Waals surface area contributed by atoms with Crippen LogP contribution in [-0.2, 0) is 9.59 Å². The van der Waals surface area contributed by atoms with Crippen LogP contribution in [0.4, 0.5) is 0 Å². The van der Waals surface area contributed by atoms with Crippen molar-refractivity contribution in [2.24, 2.45) is 11.3 Å². The first kappa shape index (κ1) is 14.9. The maximum Gasteiger partial charge on any atom is 0.239 e. The maximum atomic E-state index is 11.4. The Morgan fingerprint density at radius 1 is 1.25 bits per heavy atom. The Hall–Kier alpha value is -1.10. The van der Waals surface area contributed by atoms with Gasteiger partial charge >= 0.3 is 0 Å². The highest BCUT2D eigenvalue weighted by Crippen LogP contribution is 2.11. The second kappa shape index (κ2) is 6.48. The number of carbonyl (C=O) groups excluding carboxylic acids is 2. The van der Waals surface area contributed by atoms with Crippen LogP contribution in [-0.4, -0.2) is 36.6 Å². The molecule has 0 fully saturated rings. The first-order valence-corrected chi connectivity index (χ1v) is 5.43. The molecule has 0 bridgehead atoms. The Morgan fingerprint density at radius 2 is 1.81 bits per heavy atom. The van der Waals surface area contributed by atoms with E-state index >= 15 is 0 Å². The highest BCUT2D eigenvalue weighted by atomic mass is 16.3. The van der Waals surface area contributed by atoms with E-state index in [1.54, 1.807) is 20.8 Å². The third-order valence-electron chi connectivity index (χ3n) is 2.05. The Balaban J connectivity index is 3.78. The third-order valence-corrected chi connectivity index (χ3v) is 2.05. The molecule has 0 saturated carbocycles. The molecule has 0 aromatic rings. The smallest absolute Gasteiger partial charge is 0.239 e. The van der Waals surface area contributed by atoms with E-state index in [-0.39, 0.29) is 30.9 Å². The molecule has 3 N–H and O–H groups in total. The molecule has 1 atom stereocenters. The summed E-state index contributed by atoms with van der Waals surface area (Å²) in [6.45, 7) is 7.62. The van der Waals surface area contributed by atoms with E-state index in [2.05, 4.69) is 10.6 Å². The van der Waals surface area contributed by atoms with Crippen molar-refractivity contribution in [3.05, 3.63) is 0 Å². The minimum Gasteiger partial charge on any atom is -0.396 e. The summed E-state index contributed by atoms with van der Waals surface area (Å²) in [6, 6.07) is 0. The summed E-state index contributed by atoms with van der Waals surface area (Å²) in [5.41, 5.74) is -0.487. The zero-order chi connectivity index (χ0) is 12.8. The summed E-state index contributed by atoms with van der Waals surface area (Å²) < 4.78 is 0. The molecular weight excluding hydrogens is 208 g/mol. The van der Waals surface area contributed by atoms with Crippen molar-refractivity contribution in [3.63, 3.8) is 0 Å². The molecule has 94 valence electrons. The fourth-order valence-electron chi connectivity index (χ4n) is 0.841. The van der Waals surface area contributed by atoms with Crippen LogP contribution in [0.15, 0.2) is 0 Å². The largest absolute Gasteiger partial charge is 0.396 e. The van der Waals surface area contributed by atoms with Gasteiger partial charge in [0.25, 0.3) is 0 Å². The number of hydrogen-bond donors (Lipinski definition) is 3. The van der Waals surface area contributed by atoms with E-state index in [4.69, 9.17) is 5.11 Å². The van der Waals surface area contributed by atoms with E-state index < -0.39 is 5.41 Å². The van der Waals surface area contributed by atoms with Crippen molar-refractivity contribution in [3.8, 4) is 0 Å². The second-order valence-electron chi connectivity index (χ2n) is 5.02. The molecule has 0 spiro atoms. The van der Waals surface area contributed by atoms with E-state index in [1.165, 1.54) is 0 Å². The van der Waals surface area contributed by atoms with Crippen LogP contribution in [0.3, 0.4) is 0 Å². The molecule has 5 heteroatoms. The number of carbonyl (C=O) groups is 2. The molecule has 0 aromatic carbocycles. The van der Waals surface area contributed by atoms with Crippen LogP contribution >= 0.6 is 0 Å². The van der Waals surface area contributed by atoms with Gasteiger partial charge in [-0.05, 0) is 5.92 Å². The van der Waals surface area contributed by atoms with Crippen molar-refractivity contribution < 1.29 is 14.7 Å². The van der Waals surface area contributed by atoms with Crippen LogP contribution < -0.4 is 10.6 Å². The SMILES string of the molecule is CC(CO)CNC(=O)CNC(=O)C(C)(C)C. The molecular formula is C11H22N2O3. The summed E-state index contributed by atoms with van der Waals surface area (Å²) in [5, 5.41) is 13.9. The summed E-state index contributed by atoms with van der Waals surface area (Å²) >= 11 is 0. The Kier molecular flexibility index (Phi) is 6.03. The molecule has 1 unspecified atom stereocenters. The van der Waals surface area contributed by atoms with Gasteiger partial charge in [0, 0.05) is 18.6 Å². The highest BCUT2D eigenvalue weighted by Gasteiger charge is 2.21. The molecule has 0 aliphatic carbocycles. The monoisotopic (exact) mass is 230 g/mol. The van der Waals surface area contributed by atoms with Crippen molar-refractivity contribution >= 4 is 11.8 Å². The average molecular weight is 230 g/mol. The Morgan fingerprint density at radius 3 is 2.25 bits per heavy atom. The molecule has 0 heterocycles. The fraction of sp³-hybridized carbons (Fsp3) is 0.818. The predicted octanol–water partition coefficient (Wildman–Crippen LogP) is -0.107. The molecule has 16 heavy (non-hydrogen) atoms. The summed E-state index contributed by atoms with van der Waals surface area (Å²) in [5.74, 6) is -0.363. The van der Waals surface area contributed by atoms with Crippen molar-refractivity contribution in [1.82, 2.24) is 10.6 Å². The standard InChI is InChI=1S/C11H22N2O3/c1-8(7-14)5-12-9(15)6-13-10(16)11(2,3)4/h8,14H,5-7H2,1-4H3,(H,12,15)(H,13,16). The van der Waals surface area contributed by atoms with Gasteiger partial charge in [0.2, 0.25) is 11.8 Å². The van der Waals surface area contributed by atoms with Crippen LogP contribution in [0.25, 0.3) is 0 Å². The van der Waals surface area contributed by atoms with Crippen LogP contribution in [0.5, 0.6) is 0 Å². The lowest BCUT2D eigenvalue weighted by molar-refractivity contribution is -0.131. The summed E-state index contributed by atoms with van der Waals surface area (Å²) in [6.07, 6.45) is 0. The van der Waals surface area contributed by atoms with E-state index in [0.29, 0.717) is 6.54 Å². The Labute approximate surface area is 96.6 Å². The van der Waals surface area contributed by atoms with Gasteiger partial charge in [0.05, 0.1) is 6.54 Å². The summed E-state index contributed by atoms with van der Waals surface area (Å²) in [7, 11) is 0. The minimum absolute atomic E-state index is 0.0196. The normalized spacial score (nSPS) is 13.1. The van der Waals surface area contributed by atoms with E-state index in [1.807, 2.05) is 6.92 Å². The van der Waals surface area contributed by atoms with Gasteiger partial charge in [-0.3, -0.25) is 9.59 Å². The first-order valence-electron chi connectivity index (χ1n) is 5.43. The first-order chi connectivity index (χ1) is 7.27. The van der Waals surface area contributed by atoms with Crippen LogP contribution in [0.2, 0.25) is 0 Å². The lowest BCUT2D eigenvalue weighted by Crippen LogP contribution is -2.42. The molecule has 0 radical (unpaired) electrons. The van der Waals surface area contributed by atoms with Crippen molar-refractivity contribution in [2.45, 2.75) is 27.7 Å². The quantitative estimate of drug-likeness (QED) is 0.617. The van der Waals surface area contributed by atoms with Crippen LogP contribution in [0.1, 0.15) is 27.7 Å². The van der Waals surface area contributed by atoms with E-state index in [0.717, 1.165) is 0 Å². The average Bonchev–Trinajstić information content (AvgIpc) is 2.20. The second-order valence-corrected chi connectivity index (χ2v) is 5.02. The number of hydrogen-bond acceptors (Lipinski definition) is 3. The number of nitrogens with one attached hydrogen (secondary N) is 2. The van der Waals surface area contributed by atoms with Gasteiger partial charge < -0.3 is 15.7 Å². The molecule has 5 nitrogen and oxygen atoms in total. The van der Waals surface area contributed by atoms with Gasteiger partial charge in [0.15, 0.2) is 0 Å². The molecule has 0 aliphatic heterocycles. The molecule has 0 aromatic heterocycles. The van der Waals surface area contributed by atoms with Crippen molar-refractivity contribution in [2.75, 3.05) is 19.7 Å². The predicted molar refractivity (Wildman–Crippen MR) is 61.7 cm³/mol. The zero-order valence-corrected chi connectivity index (χ0v) is 10.5. The van der Waals surface area contributed by atoms with Gasteiger partial charge in [0.1, 0.15) is 0 Å². The van der Waals surface area contributed by atoms with Gasteiger partial charge in [-0.15, -0.1) is 0 Å². The third kappa shape index (κ3) is 6.40. The molecule has 0 saturated heterocycles. The molecule has 0 aliphatic rings. The fourth-order valence-corrected chi connectivity index (χ4v) is 0.841. The van der Waals surface area contributed by atoms with E-state index in [9.17, 15) is 9.59 Å². The molecule has 2 amide bonds. The number of rotatable bonds is 5. The Bertz CT molecular complexity index is 246. The van der Waals surface area contributed by atoms with Gasteiger partial charge in [-0.1, -0.05) is 27.7 Å². The highest BCUT2D eigenvalue weighted by molar-refractivity contribution is 5.87.